The number of aromatic nitrogens is 4. The van der Waals surface area contributed by atoms with Crippen LogP contribution in [0.4, 0.5) is 11.6 Å². The van der Waals surface area contributed by atoms with Gasteiger partial charge >= 0.3 is 0 Å². The van der Waals surface area contributed by atoms with Crippen molar-refractivity contribution in [3.05, 3.63) is 54.6 Å². The lowest BCUT2D eigenvalue weighted by molar-refractivity contribution is 0.415. The summed E-state index contributed by atoms with van der Waals surface area (Å²) in [5.74, 6) is 1.39. The summed E-state index contributed by atoms with van der Waals surface area (Å²) < 4.78 is 6.87. The second-order valence-electron chi connectivity index (χ2n) is 4.84. The van der Waals surface area contributed by atoms with Crippen molar-refractivity contribution in [1.82, 2.24) is 19.8 Å². The zero-order valence-corrected chi connectivity index (χ0v) is 13.1. The number of fused-ring (bicyclic) bond motifs is 1. The van der Waals surface area contributed by atoms with Gasteiger partial charge in [-0.1, -0.05) is 41.7 Å². The number of ether oxygens (including phenoxy) is 1. The number of hydrogen-bond acceptors (Lipinski definition) is 6. The van der Waals surface area contributed by atoms with Crippen molar-refractivity contribution in [2.75, 3.05) is 12.4 Å². The maximum absolute atomic E-state index is 5.16. The van der Waals surface area contributed by atoms with E-state index in [2.05, 4.69) is 20.6 Å². The van der Waals surface area contributed by atoms with Gasteiger partial charge in [0.05, 0.1) is 7.11 Å². The van der Waals surface area contributed by atoms with E-state index in [0.29, 0.717) is 5.95 Å². The predicted octanol–water partition coefficient (Wildman–Crippen LogP) is 3.61. The van der Waals surface area contributed by atoms with E-state index in [1.807, 2.05) is 54.6 Å². The third-order valence-corrected chi connectivity index (χ3v) is 4.31. The normalized spacial score (nSPS) is 10.8. The Bertz CT molecular complexity index is 930. The van der Waals surface area contributed by atoms with Crippen LogP contribution in [0.2, 0.25) is 0 Å². The number of anilines is 2. The fraction of sp³-hybridized carbons (Fsp3) is 0.0625. The Morgan fingerprint density at radius 2 is 1.78 bits per heavy atom. The van der Waals surface area contributed by atoms with Gasteiger partial charge in [0.2, 0.25) is 4.96 Å². The van der Waals surface area contributed by atoms with Crippen LogP contribution in [0.15, 0.2) is 54.6 Å². The molecule has 0 aliphatic rings. The molecule has 6 nitrogen and oxygen atoms in total. The van der Waals surface area contributed by atoms with Crippen LogP contribution in [0.1, 0.15) is 0 Å². The Morgan fingerprint density at radius 1 is 1.00 bits per heavy atom. The summed E-state index contributed by atoms with van der Waals surface area (Å²) in [6, 6.07) is 17.6. The molecule has 0 fully saturated rings. The molecule has 4 rings (SSSR count). The molecule has 0 saturated carbocycles. The van der Waals surface area contributed by atoms with Gasteiger partial charge in [0, 0.05) is 11.3 Å². The monoisotopic (exact) mass is 323 g/mol. The first-order valence-corrected chi connectivity index (χ1v) is 7.84. The van der Waals surface area contributed by atoms with Crippen LogP contribution in [-0.4, -0.2) is 26.9 Å². The Balaban J connectivity index is 1.66. The van der Waals surface area contributed by atoms with Crippen molar-refractivity contribution in [3.8, 4) is 16.3 Å². The van der Waals surface area contributed by atoms with Crippen molar-refractivity contribution >= 4 is 27.9 Å². The zero-order valence-electron chi connectivity index (χ0n) is 12.3. The van der Waals surface area contributed by atoms with Gasteiger partial charge in [-0.05, 0) is 24.3 Å². The fourth-order valence-corrected chi connectivity index (χ4v) is 3.04. The van der Waals surface area contributed by atoms with Crippen LogP contribution < -0.4 is 10.1 Å². The summed E-state index contributed by atoms with van der Waals surface area (Å²) in [6.45, 7) is 0. The molecule has 0 aliphatic heterocycles. The predicted molar refractivity (Wildman–Crippen MR) is 90.4 cm³/mol. The summed E-state index contributed by atoms with van der Waals surface area (Å²) in [5.41, 5.74) is 1.97. The van der Waals surface area contributed by atoms with E-state index >= 15 is 0 Å². The molecule has 2 aromatic carbocycles. The van der Waals surface area contributed by atoms with Gasteiger partial charge in [0.25, 0.3) is 5.95 Å². The Hall–Kier alpha value is -2.93. The summed E-state index contributed by atoms with van der Waals surface area (Å²) in [5, 5.41) is 17.1. The van der Waals surface area contributed by atoms with E-state index in [4.69, 9.17) is 4.74 Å². The smallest absolute Gasteiger partial charge is 0.251 e. The average Bonchev–Trinajstić information content (AvgIpc) is 3.18. The highest BCUT2D eigenvalue weighted by molar-refractivity contribution is 7.19. The molecule has 0 spiro atoms. The Morgan fingerprint density at radius 3 is 2.52 bits per heavy atom. The Kier molecular flexibility index (Phi) is 3.39. The van der Waals surface area contributed by atoms with Crippen LogP contribution in [-0.2, 0) is 0 Å². The number of hydrogen-bond donors (Lipinski definition) is 1. The molecule has 1 N–H and O–H groups in total. The molecule has 2 heterocycles. The second-order valence-corrected chi connectivity index (χ2v) is 5.80. The molecule has 0 atom stereocenters. The fourth-order valence-electron chi connectivity index (χ4n) is 2.20. The lowest BCUT2D eigenvalue weighted by Crippen LogP contribution is -1.97. The Labute approximate surface area is 136 Å². The number of nitrogens with one attached hydrogen (secondary N) is 1. The largest absolute Gasteiger partial charge is 0.497 e. The van der Waals surface area contributed by atoms with E-state index in [0.717, 1.165) is 27.0 Å². The van der Waals surface area contributed by atoms with Gasteiger partial charge in [-0.2, -0.15) is 9.61 Å². The van der Waals surface area contributed by atoms with Crippen molar-refractivity contribution in [2.45, 2.75) is 0 Å². The lowest BCUT2D eigenvalue weighted by atomic mass is 10.2. The maximum atomic E-state index is 5.16. The van der Waals surface area contributed by atoms with Crippen molar-refractivity contribution < 1.29 is 4.74 Å². The molecule has 0 aliphatic carbocycles. The van der Waals surface area contributed by atoms with E-state index in [1.54, 1.807) is 11.6 Å². The molecule has 23 heavy (non-hydrogen) atoms. The second kappa shape index (κ2) is 5.69. The van der Waals surface area contributed by atoms with Gasteiger partial charge in [-0.25, -0.2) is 0 Å². The summed E-state index contributed by atoms with van der Waals surface area (Å²) in [6.07, 6.45) is 0. The average molecular weight is 323 g/mol. The van der Waals surface area contributed by atoms with E-state index in [9.17, 15) is 0 Å². The number of benzene rings is 2. The zero-order chi connectivity index (χ0) is 15.6. The molecule has 2 aromatic heterocycles. The topological polar surface area (TPSA) is 64.3 Å². The third-order valence-electron chi connectivity index (χ3n) is 3.36. The van der Waals surface area contributed by atoms with Gasteiger partial charge in [-0.3, -0.25) is 0 Å². The molecule has 7 heteroatoms. The highest BCUT2D eigenvalue weighted by Gasteiger charge is 2.12. The van der Waals surface area contributed by atoms with Crippen LogP contribution in [0.25, 0.3) is 15.5 Å². The first-order chi connectivity index (χ1) is 11.3. The van der Waals surface area contributed by atoms with Crippen LogP contribution >= 0.6 is 11.3 Å². The highest BCUT2D eigenvalue weighted by Crippen LogP contribution is 2.27. The maximum Gasteiger partial charge on any atom is 0.251 e. The van der Waals surface area contributed by atoms with E-state index in [1.165, 1.54) is 11.3 Å². The molecular weight excluding hydrogens is 310 g/mol. The molecular formula is C16H13N5OS. The number of rotatable bonds is 4. The SMILES string of the molecule is COc1ccc(Nc2nnc3sc(-c4ccccc4)nn23)cc1. The van der Waals surface area contributed by atoms with Gasteiger partial charge < -0.3 is 10.1 Å². The molecule has 0 bridgehead atoms. The van der Waals surface area contributed by atoms with Gasteiger partial charge in [0.15, 0.2) is 0 Å². The molecule has 0 unspecified atom stereocenters. The summed E-state index contributed by atoms with van der Waals surface area (Å²) >= 11 is 1.51. The van der Waals surface area contributed by atoms with Gasteiger partial charge in [0.1, 0.15) is 10.8 Å². The third kappa shape index (κ3) is 2.62. The highest BCUT2D eigenvalue weighted by atomic mass is 32.1. The van der Waals surface area contributed by atoms with Crippen LogP contribution in [0.5, 0.6) is 5.75 Å². The summed E-state index contributed by atoms with van der Waals surface area (Å²) in [4.78, 5) is 0.750. The number of methoxy groups -OCH3 is 1. The first kappa shape index (κ1) is 13.7. The molecule has 0 saturated heterocycles. The van der Waals surface area contributed by atoms with Crippen molar-refractivity contribution in [3.63, 3.8) is 0 Å². The first-order valence-electron chi connectivity index (χ1n) is 7.02. The van der Waals surface area contributed by atoms with Crippen molar-refractivity contribution in [1.29, 1.82) is 0 Å². The van der Waals surface area contributed by atoms with Crippen molar-refractivity contribution in [2.24, 2.45) is 0 Å². The minimum Gasteiger partial charge on any atom is -0.497 e. The molecule has 4 aromatic rings. The quantitative estimate of drug-likeness (QED) is 0.621. The minimum atomic E-state index is 0.587. The molecule has 114 valence electrons. The lowest BCUT2D eigenvalue weighted by Gasteiger charge is -2.04. The molecule has 0 radical (unpaired) electrons. The van der Waals surface area contributed by atoms with Crippen LogP contribution in [0, 0.1) is 0 Å². The number of nitrogens with zero attached hydrogens (tertiary/aromatic N) is 4. The van der Waals surface area contributed by atoms with E-state index < -0.39 is 0 Å². The van der Waals surface area contributed by atoms with E-state index in [-0.39, 0.29) is 0 Å². The summed E-state index contributed by atoms with van der Waals surface area (Å²) in [7, 11) is 1.64. The minimum absolute atomic E-state index is 0.587. The molecule has 0 amide bonds. The van der Waals surface area contributed by atoms with Gasteiger partial charge in [-0.15, -0.1) is 10.2 Å². The standard InChI is InChI=1S/C16H13N5OS/c1-22-13-9-7-12(8-10-13)17-15-18-19-16-21(15)20-14(23-16)11-5-3-2-4-6-11/h2-10H,1H3,(H,17,18). The van der Waals surface area contributed by atoms with Crippen LogP contribution in [0.3, 0.4) is 0 Å².